The van der Waals surface area contributed by atoms with Crippen LogP contribution < -0.4 is 5.32 Å². The van der Waals surface area contributed by atoms with Gasteiger partial charge in [-0.1, -0.05) is 18.2 Å². The zero-order valence-electron chi connectivity index (χ0n) is 15.7. The van der Waals surface area contributed by atoms with E-state index < -0.39 is 23.8 Å². The van der Waals surface area contributed by atoms with Crippen LogP contribution in [0.25, 0.3) is 0 Å². The molecule has 2 aromatic carbocycles. The van der Waals surface area contributed by atoms with Crippen LogP contribution in [0.5, 0.6) is 0 Å². The highest BCUT2D eigenvalue weighted by Gasteiger charge is 2.19. The molecule has 1 fully saturated rings. The largest absolute Gasteiger partial charge is 0.449 e. The summed E-state index contributed by atoms with van der Waals surface area (Å²) in [5, 5.41) is 2.52. The van der Waals surface area contributed by atoms with Crippen molar-refractivity contribution < 1.29 is 23.5 Å². The van der Waals surface area contributed by atoms with Gasteiger partial charge in [-0.15, -0.1) is 0 Å². The van der Waals surface area contributed by atoms with Gasteiger partial charge in [-0.05, 0) is 42.8 Å². The monoisotopic (exact) mass is 386 g/mol. The topological polar surface area (TPSA) is 67.9 Å². The lowest BCUT2D eigenvalue weighted by molar-refractivity contribution is -0.123. The van der Waals surface area contributed by atoms with E-state index in [1.807, 2.05) is 12.1 Å². The van der Waals surface area contributed by atoms with E-state index >= 15 is 0 Å². The van der Waals surface area contributed by atoms with Crippen LogP contribution in [-0.2, 0) is 20.8 Å². The van der Waals surface area contributed by atoms with Crippen molar-refractivity contribution in [1.29, 1.82) is 0 Å². The third-order valence-corrected chi connectivity index (χ3v) is 4.44. The number of nitrogens with one attached hydrogen (secondary N) is 1. The zero-order chi connectivity index (χ0) is 19.9. The number of carbonyl (C=O) groups excluding carboxylic acids is 2. The first-order valence-corrected chi connectivity index (χ1v) is 9.18. The van der Waals surface area contributed by atoms with Crippen molar-refractivity contribution in [3.05, 3.63) is 65.5 Å². The number of halogens is 1. The van der Waals surface area contributed by atoms with Gasteiger partial charge in [0.05, 0.1) is 18.8 Å². The first kappa shape index (κ1) is 20.0. The maximum atomic E-state index is 13.2. The van der Waals surface area contributed by atoms with Gasteiger partial charge in [0, 0.05) is 25.3 Å². The summed E-state index contributed by atoms with van der Waals surface area (Å²) in [5.74, 6) is -1.57. The van der Waals surface area contributed by atoms with E-state index in [-0.39, 0.29) is 0 Å². The van der Waals surface area contributed by atoms with Crippen LogP contribution in [0, 0.1) is 5.82 Å². The lowest BCUT2D eigenvalue weighted by Crippen LogP contribution is -2.35. The number of esters is 1. The van der Waals surface area contributed by atoms with Crippen molar-refractivity contribution in [1.82, 2.24) is 4.90 Å². The van der Waals surface area contributed by atoms with Gasteiger partial charge in [0.2, 0.25) is 0 Å². The molecule has 1 heterocycles. The normalized spacial score (nSPS) is 15.6. The van der Waals surface area contributed by atoms with E-state index in [0.29, 0.717) is 11.3 Å². The van der Waals surface area contributed by atoms with Gasteiger partial charge in [-0.3, -0.25) is 9.69 Å². The maximum absolute atomic E-state index is 13.2. The number of anilines is 1. The number of amides is 1. The zero-order valence-corrected chi connectivity index (χ0v) is 15.7. The molecule has 7 heteroatoms. The Balaban J connectivity index is 1.52. The van der Waals surface area contributed by atoms with Crippen LogP contribution in [0.1, 0.15) is 22.8 Å². The number of hydrogen-bond donors (Lipinski definition) is 1. The fourth-order valence-corrected chi connectivity index (χ4v) is 2.86. The van der Waals surface area contributed by atoms with Crippen molar-refractivity contribution in [2.75, 3.05) is 31.6 Å². The molecule has 1 atom stereocenters. The van der Waals surface area contributed by atoms with Crippen molar-refractivity contribution in [3.8, 4) is 0 Å². The van der Waals surface area contributed by atoms with Crippen LogP contribution in [-0.4, -0.2) is 49.2 Å². The van der Waals surface area contributed by atoms with Crippen LogP contribution in [0.15, 0.2) is 48.5 Å². The van der Waals surface area contributed by atoms with Gasteiger partial charge in [-0.2, -0.15) is 0 Å². The maximum Gasteiger partial charge on any atom is 0.338 e. The first-order valence-electron chi connectivity index (χ1n) is 9.18. The summed E-state index contributed by atoms with van der Waals surface area (Å²) in [6.07, 6.45) is -1.01. The van der Waals surface area contributed by atoms with Gasteiger partial charge >= 0.3 is 5.97 Å². The van der Waals surface area contributed by atoms with Gasteiger partial charge < -0.3 is 14.8 Å². The Labute approximate surface area is 163 Å². The molecule has 0 radical (unpaired) electrons. The fourth-order valence-electron chi connectivity index (χ4n) is 2.86. The van der Waals surface area contributed by atoms with Gasteiger partial charge in [0.15, 0.2) is 6.10 Å². The molecule has 148 valence electrons. The van der Waals surface area contributed by atoms with Gasteiger partial charge in [0.1, 0.15) is 5.82 Å². The minimum absolute atomic E-state index is 0.306. The van der Waals surface area contributed by atoms with Crippen molar-refractivity contribution in [3.63, 3.8) is 0 Å². The fraction of sp³-hybridized carbons (Fsp3) is 0.333. The summed E-state index contributed by atoms with van der Waals surface area (Å²) in [7, 11) is 0. The molecule has 1 N–H and O–H groups in total. The van der Waals surface area contributed by atoms with Crippen molar-refractivity contribution >= 4 is 17.6 Å². The second-order valence-electron chi connectivity index (χ2n) is 6.63. The average molecular weight is 386 g/mol. The summed E-state index contributed by atoms with van der Waals surface area (Å²) in [6, 6.07) is 12.7. The summed E-state index contributed by atoms with van der Waals surface area (Å²) in [6.45, 7) is 5.52. The summed E-state index contributed by atoms with van der Waals surface area (Å²) in [4.78, 5) is 26.7. The lowest BCUT2D eigenvalue weighted by Gasteiger charge is -2.26. The Morgan fingerprint density at radius 1 is 1.18 bits per heavy atom. The molecule has 0 saturated carbocycles. The Morgan fingerprint density at radius 3 is 2.57 bits per heavy atom. The van der Waals surface area contributed by atoms with E-state index in [0.717, 1.165) is 38.4 Å². The summed E-state index contributed by atoms with van der Waals surface area (Å²) >= 11 is 0. The van der Waals surface area contributed by atoms with E-state index in [4.69, 9.17) is 9.47 Å². The second-order valence-corrected chi connectivity index (χ2v) is 6.63. The van der Waals surface area contributed by atoms with E-state index in [1.165, 1.54) is 25.1 Å². The average Bonchev–Trinajstić information content (AvgIpc) is 2.69. The third-order valence-electron chi connectivity index (χ3n) is 4.44. The molecule has 0 aromatic heterocycles. The van der Waals surface area contributed by atoms with Crippen LogP contribution in [0.3, 0.4) is 0 Å². The number of ether oxygens (including phenoxy) is 2. The van der Waals surface area contributed by atoms with Gasteiger partial charge in [-0.25, -0.2) is 9.18 Å². The number of rotatable bonds is 6. The highest BCUT2D eigenvalue weighted by molar-refractivity contribution is 5.97. The Bertz CT molecular complexity index is 819. The molecule has 3 rings (SSSR count). The Morgan fingerprint density at radius 2 is 1.89 bits per heavy atom. The Hall–Kier alpha value is -2.77. The molecule has 1 saturated heterocycles. The summed E-state index contributed by atoms with van der Waals surface area (Å²) < 4.78 is 23.7. The van der Waals surface area contributed by atoms with Crippen LogP contribution in [0.4, 0.5) is 10.1 Å². The lowest BCUT2D eigenvalue weighted by atomic mass is 10.1. The molecule has 28 heavy (non-hydrogen) atoms. The molecular formula is C21H23FN2O4. The van der Waals surface area contributed by atoms with Crippen molar-refractivity contribution in [2.45, 2.75) is 19.6 Å². The minimum atomic E-state index is -1.01. The summed E-state index contributed by atoms with van der Waals surface area (Å²) in [5.41, 5.74) is 1.77. The molecule has 1 aliphatic heterocycles. The van der Waals surface area contributed by atoms with E-state index in [9.17, 15) is 14.0 Å². The molecular weight excluding hydrogens is 363 g/mol. The molecule has 2 aromatic rings. The molecule has 0 aliphatic carbocycles. The molecule has 0 unspecified atom stereocenters. The smallest absolute Gasteiger partial charge is 0.338 e. The van der Waals surface area contributed by atoms with E-state index in [1.54, 1.807) is 18.2 Å². The number of benzene rings is 2. The number of nitrogens with zero attached hydrogens (tertiary/aromatic N) is 1. The second kappa shape index (κ2) is 9.43. The Kier molecular flexibility index (Phi) is 6.73. The quantitative estimate of drug-likeness (QED) is 0.774. The molecule has 1 aliphatic rings. The molecule has 0 bridgehead atoms. The standard InChI is InChI=1S/C21H23FN2O4/c1-15(20(25)23-19-4-2-3-18(22)13-19)28-21(26)17-7-5-16(6-8-17)14-24-9-11-27-12-10-24/h2-8,13,15H,9-12,14H2,1H3,(H,23,25)/t15-/m1/s1. The highest BCUT2D eigenvalue weighted by Crippen LogP contribution is 2.13. The third kappa shape index (κ3) is 5.61. The highest BCUT2D eigenvalue weighted by atomic mass is 19.1. The molecule has 1 amide bonds. The van der Waals surface area contributed by atoms with Crippen LogP contribution >= 0.6 is 0 Å². The first-order chi connectivity index (χ1) is 13.5. The number of morpholine rings is 1. The van der Waals surface area contributed by atoms with Crippen molar-refractivity contribution in [2.24, 2.45) is 0 Å². The minimum Gasteiger partial charge on any atom is -0.449 e. The SMILES string of the molecule is C[C@@H](OC(=O)c1ccc(CN2CCOCC2)cc1)C(=O)Nc1cccc(F)c1. The number of carbonyl (C=O) groups is 2. The van der Waals surface area contributed by atoms with Crippen LogP contribution in [0.2, 0.25) is 0 Å². The predicted molar refractivity (Wildman–Crippen MR) is 102 cm³/mol. The molecule has 0 spiro atoms. The van der Waals surface area contributed by atoms with Gasteiger partial charge in [0.25, 0.3) is 5.91 Å². The number of hydrogen-bond acceptors (Lipinski definition) is 5. The predicted octanol–water partition coefficient (Wildman–Crippen LogP) is 2.84. The molecule has 6 nitrogen and oxygen atoms in total. The van der Waals surface area contributed by atoms with E-state index in [2.05, 4.69) is 10.2 Å².